The largest absolute Gasteiger partial charge is 0.495 e. The highest BCUT2D eigenvalue weighted by atomic mass is 79.9. The molecule has 0 radical (unpaired) electrons. The Kier molecular flexibility index (Phi) is 5.42. The molecular weight excluding hydrogens is 366 g/mol. The van der Waals surface area contributed by atoms with E-state index in [1.54, 1.807) is 31.4 Å². The van der Waals surface area contributed by atoms with E-state index < -0.39 is 6.61 Å². The van der Waals surface area contributed by atoms with Gasteiger partial charge in [-0.05, 0) is 35.4 Å². The number of halogens is 4. The van der Waals surface area contributed by atoms with E-state index in [1.165, 1.54) is 12.1 Å². The predicted molar refractivity (Wildman–Crippen MR) is 81.8 cm³/mol. The van der Waals surface area contributed by atoms with Crippen LogP contribution in [0.1, 0.15) is 16.0 Å². The molecule has 0 aromatic heterocycles. The molecule has 0 saturated carbocycles. The summed E-state index contributed by atoms with van der Waals surface area (Å²) in [7, 11) is 1.55. The predicted octanol–water partition coefficient (Wildman–Crippen LogP) is 5.43. The minimum Gasteiger partial charge on any atom is -0.495 e. The average molecular weight is 378 g/mol. The zero-order valence-electron chi connectivity index (χ0n) is 11.0. The molecule has 0 N–H and O–H groups in total. The van der Waals surface area contributed by atoms with Crippen LogP contribution in [0.5, 0.6) is 11.5 Å². The highest BCUT2D eigenvalue weighted by Crippen LogP contribution is 2.35. The first-order valence-electron chi connectivity index (χ1n) is 6.03. The quantitative estimate of drug-likeness (QED) is 0.647. The Balaban J connectivity index is 2.19. The minimum atomic E-state index is -2.82. The molecule has 2 nitrogen and oxygen atoms in total. The second kappa shape index (κ2) is 7.09. The van der Waals surface area contributed by atoms with Gasteiger partial charge in [-0.2, -0.15) is 8.78 Å². The zero-order valence-corrected chi connectivity index (χ0v) is 13.4. The number of rotatable bonds is 5. The van der Waals surface area contributed by atoms with E-state index in [0.717, 1.165) is 11.1 Å². The second-order valence-corrected chi connectivity index (χ2v) is 5.53. The van der Waals surface area contributed by atoms with E-state index in [2.05, 4.69) is 20.7 Å². The Labute approximate surface area is 134 Å². The van der Waals surface area contributed by atoms with Crippen LogP contribution in [-0.2, 0) is 0 Å². The lowest BCUT2D eigenvalue weighted by Gasteiger charge is -2.13. The van der Waals surface area contributed by atoms with Crippen molar-refractivity contribution in [2.75, 3.05) is 7.11 Å². The summed E-state index contributed by atoms with van der Waals surface area (Å²) in [5.74, 6) is 0.724. The standard InChI is InChI=1S/C15H12BrClF2O2/c1-20-13-7-4-10(8-12(13)17)14(16)9-2-5-11(6-3-9)21-15(18)19/h2-8,14-15H,1H3. The zero-order chi connectivity index (χ0) is 15.4. The Morgan fingerprint density at radius 2 is 1.67 bits per heavy atom. The van der Waals surface area contributed by atoms with Crippen LogP contribution in [0.3, 0.4) is 0 Å². The molecule has 0 saturated heterocycles. The SMILES string of the molecule is COc1ccc(C(Br)c2ccc(OC(F)F)cc2)cc1Cl. The van der Waals surface area contributed by atoms with Crippen LogP contribution in [0, 0.1) is 0 Å². The molecule has 0 bridgehead atoms. The molecule has 1 unspecified atom stereocenters. The van der Waals surface area contributed by atoms with Crippen LogP contribution in [0.15, 0.2) is 42.5 Å². The van der Waals surface area contributed by atoms with Gasteiger partial charge in [-0.25, -0.2) is 0 Å². The van der Waals surface area contributed by atoms with Gasteiger partial charge in [0.15, 0.2) is 0 Å². The van der Waals surface area contributed by atoms with Crippen molar-refractivity contribution in [1.29, 1.82) is 0 Å². The van der Waals surface area contributed by atoms with E-state index in [9.17, 15) is 8.78 Å². The fourth-order valence-corrected chi connectivity index (χ4v) is 2.71. The fourth-order valence-electron chi connectivity index (χ4n) is 1.85. The maximum absolute atomic E-state index is 12.1. The Morgan fingerprint density at radius 3 is 2.19 bits per heavy atom. The third-order valence-electron chi connectivity index (χ3n) is 2.87. The van der Waals surface area contributed by atoms with Crippen LogP contribution in [0.2, 0.25) is 5.02 Å². The molecule has 0 spiro atoms. The van der Waals surface area contributed by atoms with Crippen molar-refractivity contribution >= 4 is 27.5 Å². The second-order valence-electron chi connectivity index (χ2n) is 4.20. The molecule has 112 valence electrons. The average Bonchev–Trinajstić information content (AvgIpc) is 2.46. The Bertz CT molecular complexity index is 605. The van der Waals surface area contributed by atoms with E-state index in [4.69, 9.17) is 16.3 Å². The number of benzene rings is 2. The number of hydrogen-bond acceptors (Lipinski definition) is 2. The molecule has 0 amide bonds. The van der Waals surface area contributed by atoms with Gasteiger partial charge in [0.05, 0.1) is 17.0 Å². The molecule has 1 atom stereocenters. The first kappa shape index (κ1) is 16.0. The summed E-state index contributed by atoms with van der Waals surface area (Å²) in [6, 6.07) is 11.9. The molecule has 2 aromatic carbocycles. The van der Waals surface area contributed by atoms with Gasteiger partial charge in [0, 0.05) is 0 Å². The van der Waals surface area contributed by atoms with Gasteiger partial charge in [0.2, 0.25) is 0 Å². The van der Waals surface area contributed by atoms with Crippen LogP contribution in [0.25, 0.3) is 0 Å². The Morgan fingerprint density at radius 1 is 1.05 bits per heavy atom. The van der Waals surface area contributed by atoms with Gasteiger partial charge < -0.3 is 9.47 Å². The van der Waals surface area contributed by atoms with Gasteiger partial charge >= 0.3 is 6.61 Å². The van der Waals surface area contributed by atoms with Crippen molar-refractivity contribution in [3.63, 3.8) is 0 Å². The van der Waals surface area contributed by atoms with Crippen LogP contribution in [0.4, 0.5) is 8.78 Å². The first-order chi connectivity index (χ1) is 10.0. The summed E-state index contributed by atoms with van der Waals surface area (Å²) in [6.07, 6.45) is 0. The van der Waals surface area contributed by atoms with Crippen molar-refractivity contribution < 1.29 is 18.3 Å². The van der Waals surface area contributed by atoms with Gasteiger partial charge in [0.1, 0.15) is 11.5 Å². The lowest BCUT2D eigenvalue weighted by molar-refractivity contribution is -0.0498. The maximum atomic E-state index is 12.1. The topological polar surface area (TPSA) is 18.5 Å². The summed E-state index contributed by atoms with van der Waals surface area (Å²) in [5, 5.41) is 0.511. The van der Waals surface area contributed by atoms with Gasteiger partial charge in [-0.3, -0.25) is 0 Å². The molecule has 0 aliphatic rings. The maximum Gasteiger partial charge on any atom is 0.387 e. The monoisotopic (exact) mass is 376 g/mol. The van der Waals surface area contributed by atoms with Gasteiger partial charge in [-0.15, -0.1) is 0 Å². The lowest BCUT2D eigenvalue weighted by atomic mass is 10.0. The van der Waals surface area contributed by atoms with Gasteiger partial charge in [0.25, 0.3) is 0 Å². The van der Waals surface area contributed by atoms with E-state index in [0.29, 0.717) is 10.8 Å². The molecule has 0 aliphatic carbocycles. The third kappa shape index (κ3) is 4.08. The highest BCUT2D eigenvalue weighted by molar-refractivity contribution is 9.09. The highest BCUT2D eigenvalue weighted by Gasteiger charge is 2.13. The summed E-state index contributed by atoms with van der Waals surface area (Å²) < 4.78 is 33.6. The molecule has 0 fully saturated rings. The van der Waals surface area contributed by atoms with Crippen molar-refractivity contribution in [3.8, 4) is 11.5 Å². The Hall–Kier alpha value is -1.33. The normalized spacial score (nSPS) is 12.3. The van der Waals surface area contributed by atoms with Crippen LogP contribution >= 0.6 is 27.5 Å². The van der Waals surface area contributed by atoms with Crippen molar-refractivity contribution in [1.82, 2.24) is 0 Å². The summed E-state index contributed by atoms with van der Waals surface area (Å²) in [5.41, 5.74) is 1.83. The number of ether oxygens (including phenoxy) is 2. The van der Waals surface area contributed by atoms with E-state index in [-0.39, 0.29) is 10.6 Å². The molecule has 0 aliphatic heterocycles. The van der Waals surface area contributed by atoms with Crippen LogP contribution in [-0.4, -0.2) is 13.7 Å². The molecule has 2 rings (SSSR count). The van der Waals surface area contributed by atoms with Crippen molar-refractivity contribution in [3.05, 3.63) is 58.6 Å². The van der Waals surface area contributed by atoms with E-state index in [1.807, 2.05) is 6.07 Å². The summed E-state index contributed by atoms with van der Waals surface area (Å²) >= 11 is 9.66. The molecule has 6 heteroatoms. The van der Waals surface area contributed by atoms with E-state index >= 15 is 0 Å². The minimum absolute atomic E-state index is 0.110. The number of methoxy groups -OCH3 is 1. The van der Waals surface area contributed by atoms with Crippen molar-refractivity contribution in [2.45, 2.75) is 11.4 Å². The number of hydrogen-bond donors (Lipinski definition) is 0. The number of alkyl halides is 3. The summed E-state index contributed by atoms with van der Waals surface area (Å²) in [4.78, 5) is -0.110. The molecular formula is C15H12BrClF2O2. The van der Waals surface area contributed by atoms with Crippen LogP contribution < -0.4 is 9.47 Å². The lowest BCUT2D eigenvalue weighted by Crippen LogP contribution is -2.02. The molecule has 21 heavy (non-hydrogen) atoms. The first-order valence-corrected chi connectivity index (χ1v) is 7.33. The van der Waals surface area contributed by atoms with Gasteiger partial charge in [-0.1, -0.05) is 45.7 Å². The molecule has 0 heterocycles. The fraction of sp³-hybridized carbons (Fsp3) is 0.200. The summed E-state index contributed by atoms with van der Waals surface area (Å²) in [6.45, 7) is -2.82. The molecule has 2 aromatic rings. The van der Waals surface area contributed by atoms with Crippen molar-refractivity contribution in [2.24, 2.45) is 0 Å². The third-order valence-corrected chi connectivity index (χ3v) is 4.22. The smallest absolute Gasteiger partial charge is 0.387 e.